The second kappa shape index (κ2) is 6.33. The molecule has 2 aromatic rings. The van der Waals surface area contributed by atoms with E-state index in [2.05, 4.69) is 41.7 Å². The lowest BCUT2D eigenvalue weighted by molar-refractivity contribution is -0.139. The van der Waals surface area contributed by atoms with E-state index in [1.54, 1.807) is 11.8 Å². The fourth-order valence-corrected chi connectivity index (χ4v) is 3.68. The van der Waals surface area contributed by atoms with Crippen LogP contribution in [0.15, 0.2) is 59.5 Å². The molecule has 0 radical (unpaired) electrons. The summed E-state index contributed by atoms with van der Waals surface area (Å²) >= 11 is 1.75. The summed E-state index contributed by atoms with van der Waals surface area (Å²) < 4.78 is 0. The van der Waals surface area contributed by atoms with Crippen LogP contribution < -0.4 is 5.32 Å². The number of carboxylic acids is 1. The highest BCUT2D eigenvalue weighted by atomic mass is 32.2. The van der Waals surface area contributed by atoms with Gasteiger partial charge in [0.25, 0.3) is 0 Å². The zero-order valence-corrected chi connectivity index (χ0v) is 12.3. The van der Waals surface area contributed by atoms with Gasteiger partial charge in [-0.2, -0.15) is 0 Å². The van der Waals surface area contributed by atoms with E-state index in [0.29, 0.717) is 11.7 Å². The number of aliphatic carboxylic acids is 1. The summed E-state index contributed by atoms with van der Waals surface area (Å²) in [6, 6.07) is 18.3. The number of thioether (sulfide) groups is 1. The third-order valence-corrected chi connectivity index (χ3v) is 4.89. The van der Waals surface area contributed by atoms with Gasteiger partial charge in [0.2, 0.25) is 0 Å². The van der Waals surface area contributed by atoms with Gasteiger partial charge < -0.3 is 10.4 Å². The Bertz CT molecular complexity index is 612. The van der Waals surface area contributed by atoms with E-state index in [0.717, 1.165) is 6.54 Å². The second-order valence-corrected chi connectivity index (χ2v) is 6.54. The SMILES string of the molecule is O=C(O)[C@@H]1C[C@H](Sc2ccc(-c3ccccc3)cc2)CN1. The van der Waals surface area contributed by atoms with Crippen LogP contribution in [0.3, 0.4) is 0 Å². The molecule has 2 aromatic carbocycles. The normalized spacial score (nSPS) is 21.3. The van der Waals surface area contributed by atoms with Gasteiger partial charge in [0.05, 0.1) is 0 Å². The molecule has 4 heteroatoms. The van der Waals surface area contributed by atoms with Crippen LogP contribution in [0.4, 0.5) is 0 Å². The molecule has 0 aromatic heterocycles. The van der Waals surface area contributed by atoms with Crippen LogP contribution in [0, 0.1) is 0 Å². The van der Waals surface area contributed by atoms with Gasteiger partial charge >= 0.3 is 5.97 Å². The van der Waals surface area contributed by atoms with E-state index in [1.807, 2.05) is 18.2 Å². The number of hydrogen-bond donors (Lipinski definition) is 2. The van der Waals surface area contributed by atoms with Gasteiger partial charge in [0.15, 0.2) is 0 Å². The van der Waals surface area contributed by atoms with Crippen molar-refractivity contribution in [1.29, 1.82) is 0 Å². The maximum absolute atomic E-state index is 10.9. The molecule has 1 saturated heterocycles. The van der Waals surface area contributed by atoms with Gasteiger partial charge in [0, 0.05) is 16.7 Å². The Kier molecular flexibility index (Phi) is 4.27. The standard InChI is InChI=1S/C17H17NO2S/c19-17(20)16-10-15(11-18-16)21-14-8-6-13(7-9-14)12-4-2-1-3-5-12/h1-9,15-16,18H,10-11H2,(H,19,20)/t15-,16-/m0/s1. The molecule has 0 aliphatic carbocycles. The van der Waals surface area contributed by atoms with Gasteiger partial charge in [-0.15, -0.1) is 11.8 Å². The third-order valence-electron chi connectivity index (χ3n) is 3.65. The Morgan fingerprint density at radius 2 is 1.71 bits per heavy atom. The van der Waals surface area contributed by atoms with Crippen molar-refractivity contribution in [2.45, 2.75) is 22.6 Å². The molecule has 21 heavy (non-hydrogen) atoms. The van der Waals surface area contributed by atoms with E-state index in [-0.39, 0.29) is 0 Å². The maximum atomic E-state index is 10.9. The molecule has 0 spiro atoms. The van der Waals surface area contributed by atoms with E-state index < -0.39 is 12.0 Å². The number of rotatable bonds is 4. The number of hydrogen-bond acceptors (Lipinski definition) is 3. The van der Waals surface area contributed by atoms with Gasteiger partial charge in [-0.05, 0) is 29.7 Å². The molecule has 2 N–H and O–H groups in total. The minimum atomic E-state index is -0.752. The first-order valence-corrected chi connectivity index (χ1v) is 7.88. The molecular formula is C17H17NO2S. The molecule has 0 amide bonds. The summed E-state index contributed by atoms with van der Waals surface area (Å²) in [5, 5.41) is 12.4. The first-order valence-electron chi connectivity index (χ1n) is 7.01. The van der Waals surface area contributed by atoms with Crippen LogP contribution in [0.25, 0.3) is 11.1 Å². The number of carboxylic acid groups (broad SMARTS) is 1. The maximum Gasteiger partial charge on any atom is 0.320 e. The quantitative estimate of drug-likeness (QED) is 0.910. The smallest absolute Gasteiger partial charge is 0.320 e. The van der Waals surface area contributed by atoms with Crippen molar-refractivity contribution in [2.24, 2.45) is 0 Å². The van der Waals surface area contributed by atoms with Gasteiger partial charge in [-0.1, -0.05) is 42.5 Å². The Labute approximate surface area is 128 Å². The molecular weight excluding hydrogens is 282 g/mol. The largest absolute Gasteiger partial charge is 0.480 e. The molecule has 108 valence electrons. The first kappa shape index (κ1) is 14.2. The van der Waals surface area contributed by atoms with Gasteiger partial charge in [-0.3, -0.25) is 4.79 Å². The van der Waals surface area contributed by atoms with Crippen molar-refractivity contribution in [3.8, 4) is 11.1 Å². The van der Waals surface area contributed by atoms with E-state index in [1.165, 1.54) is 16.0 Å². The molecule has 0 bridgehead atoms. The van der Waals surface area contributed by atoms with Crippen LogP contribution in [0.2, 0.25) is 0 Å². The summed E-state index contributed by atoms with van der Waals surface area (Å²) in [4.78, 5) is 12.1. The number of nitrogens with one attached hydrogen (secondary N) is 1. The Balaban J connectivity index is 1.64. The molecule has 2 atom stereocenters. The van der Waals surface area contributed by atoms with Crippen LogP contribution in [0.1, 0.15) is 6.42 Å². The summed E-state index contributed by atoms with van der Waals surface area (Å²) in [5.74, 6) is -0.752. The Morgan fingerprint density at radius 3 is 2.33 bits per heavy atom. The number of carbonyl (C=O) groups is 1. The summed E-state index contributed by atoms with van der Waals surface area (Å²) in [5.41, 5.74) is 2.41. The van der Waals surface area contributed by atoms with E-state index >= 15 is 0 Å². The van der Waals surface area contributed by atoms with Gasteiger partial charge in [0.1, 0.15) is 6.04 Å². The van der Waals surface area contributed by atoms with Gasteiger partial charge in [-0.25, -0.2) is 0 Å². The lowest BCUT2D eigenvalue weighted by Gasteiger charge is -2.09. The predicted octanol–water partition coefficient (Wildman–Crippen LogP) is 3.26. The van der Waals surface area contributed by atoms with Crippen LogP contribution in [-0.4, -0.2) is 28.9 Å². The average molecular weight is 299 g/mol. The highest BCUT2D eigenvalue weighted by molar-refractivity contribution is 8.00. The van der Waals surface area contributed by atoms with Crippen LogP contribution in [-0.2, 0) is 4.79 Å². The molecule has 0 unspecified atom stereocenters. The Morgan fingerprint density at radius 1 is 1.05 bits per heavy atom. The molecule has 0 saturated carbocycles. The van der Waals surface area contributed by atoms with Crippen LogP contribution >= 0.6 is 11.8 Å². The molecule has 3 nitrogen and oxygen atoms in total. The monoisotopic (exact) mass is 299 g/mol. The second-order valence-electron chi connectivity index (χ2n) is 5.17. The summed E-state index contributed by atoms with van der Waals surface area (Å²) in [7, 11) is 0. The predicted molar refractivity (Wildman–Crippen MR) is 85.6 cm³/mol. The van der Waals surface area contributed by atoms with Crippen molar-refractivity contribution >= 4 is 17.7 Å². The molecule has 1 aliphatic rings. The topological polar surface area (TPSA) is 49.3 Å². The van der Waals surface area contributed by atoms with Crippen LogP contribution in [0.5, 0.6) is 0 Å². The van der Waals surface area contributed by atoms with Crippen molar-refractivity contribution < 1.29 is 9.90 Å². The summed E-state index contributed by atoms with van der Waals surface area (Å²) in [6.45, 7) is 0.752. The fourth-order valence-electron chi connectivity index (χ4n) is 2.53. The lowest BCUT2D eigenvalue weighted by atomic mass is 10.1. The first-order chi connectivity index (χ1) is 10.2. The zero-order chi connectivity index (χ0) is 14.7. The van der Waals surface area contributed by atoms with Crippen molar-refractivity contribution in [1.82, 2.24) is 5.32 Å². The molecule has 1 heterocycles. The fraction of sp³-hybridized carbons (Fsp3) is 0.235. The third kappa shape index (κ3) is 3.46. The van der Waals surface area contributed by atoms with Crippen molar-refractivity contribution in [3.05, 3.63) is 54.6 Å². The van der Waals surface area contributed by atoms with Crippen molar-refractivity contribution in [3.63, 3.8) is 0 Å². The molecule has 1 fully saturated rings. The van der Waals surface area contributed by atoms with E-state index in [9.17, 15) is 4.79 Å². The summed E-state index contributed by atoms with van der Waals surface area (Å²) in [6.07, 6.45) is 0.681. The minimum absolute atomic E-state index is 0.327. The molecule has 3 rings (SSSR count). The molecule has 1 aliphatic heterocycles. The average Bonchev–Trinajstić information content (AvgIpc) is 2.98. The van der Waals surface area contributed by atoms with E-state index in [4.69, 9.17) is 5.11 Å². The lowest BCUT2D eigenvalue weighted by Crippen LogP contribution is -2.29. The van der Waals surface area contributed by atoms with Crippen molar-refractivity contribution in [2.75, 3.05) is 6.54 Å². The highest BCUT2D eigenvalue weighted by Gasteiger charge is 2.29. The Hall–Kier alpha value is -1.78. The number of benzene rings is 2. The highest BCUT2D eigenvalue weighted by Crippen LogP contribution is 2.30. The minimum Gasteiger partial charge on any atom is -0.480 e. The zero-order valence-electron chi connectivity index (χ0n) is 11.5.